The van der Waals surface area contributed by atoms with Gasteiger partial charge in [0.15, 0.2) is 5.82 Å². The predicted molar refractivity (Wildman–Crippen MR) is 112 cm³/mol. The van der Waals surface area contributed by atoms with Gasteiger partial charge in [-0.05, 0) is 50.6 Å². The third-order valence-corrected chi connectivity index (χ3v) is 4.36. The van der Waals surface area contributed by atoms with Crippen molar-refractivity contribution in [2.45, 2.75) is 27.3 Å². The van der Waals surface area contributed by atoms with E-state index in [2.05, 4.69) is 94.0 Å². The van der Waals surface area contributed by atoms with Crippen LogP contribution in [0, 0.1) is 6.92 Å². The number of nitrogens with zero attached hydrogens (tertiary/aromatic N) is 4. The number of rotatable bonds is 8. The molecule has 1 aromatic heterocycles. The van der Waals surface area contributed by atoms with E-state index in [1.165, 1.54) is 16.8 Å². The first kappa shape index (κ1) is 18.6. The van der Waals surface area contributed by atoms with E-state index in [4.69, 9.17) is 0 Å². The molecule has 2 aromatic carbocycles. The topological polar surface area (TPSA) is 66.0 Å². The summed E-state index contributed by atoms with van der Waals surface area (Å²) in [6.45, 7) is 9.05. The van der Waals surface area contributed by atoms with Crippen LogP contribution in [-0.2, 0) is 6.54 Å². The Balaban J connectivity index is 1.63. The van der Waals surface area contributed by atoms with E-state index in [9.17, 15) is 0 Å². The molecule has 0 bridgehead atoms. The number of hydrogen-bond donors (Lipinski definition) is 2. The van der Waals surface area contributed by atoms with E-state index < -0.39 is 0 Å². The molecule has 0 unspecified atom stereocenters. The molecule has 6 nitrogen and oxygen atoms in total. The number of anilines is 4. The quantitative estimate of drug-likeness (QED) is 0.620. The molecule has 0 aliphatic rings. The molecule has 0 spiro atoms. The zero-order valence-electron chi connectivity index (χ0n) is 16.1. The van der Waals surface area contributed by atoms with Crippen LogP contribution < -0.4 is 15.5 Å². The van der Waals surface area contributed by atoms with Crippen molar-refractivity contribution in [2.24, 2.45) is 0 Å². The van der Waals surface area contributed by atoms with Crippen molar-refractivity contribution in [1.29, 1.82) is 0 Å². The van der Waals surface area contributed by atoms with Crippen molar-refractivity contribution in [3.8, 4) is 0 Å². The molecular weight excluding hydrogens is 336 g/mol. The number of aromatic nitrogens is 3. The first-order valence-corrected chi connectivity index (χ1v) is 9.29. The summed E-state index contributed by atoms with van der Waals surface area (Å²) in [4.78, 5) is 6.80. The summed E-state index contributed by atoms with van der Waals surface area (Å²) < 4.78 is 0. The summed E-state index contributed by atoms with van der Waals surface area (Å²) >= 11 is 0. The molecular formula is C21H26N6. The summed E-state index contributed by atoms with van der Waals surface area (Å²) in [5.41, 5.74) is 4.60. The lowest BCUT2D eigenvalue weighted by molar-refractivity contribution is 0.866. The van der Waals surface area contributed by atoms with Crippen LogP contribution in [0.1, 0.15) is 25.0 Å². The van der Waals surface area contributed by atoms with Crippen LogP contribution >= 0.6 is 0 Å². The fourth-order valence-electron chi connectivity index (χ4n) is 2.93. The maximum atomic E-state index is 4.49. The summed E-state index contributed by atoms with van der Waals surface area (Å²) in [7, 11) is 0. The Morgan fingerprint density at radius 1 is 1.00 bits per heavy atom. The van der Waals surface area contributed by atoms with E-state index >= 15 is 0 Å². The lowest BCUT2D eigenvalue weighted by Crippen LogP contribution is -2.21. The average molecular weight is 362 g/mol. The van der Waals surface area contributed by atoms with Gasteiger partial charge in [-0.15, -0.1) is 5.10 Å². The van der Waals surface area contributed by atoms with Crippen LogP contribution in [0.25, 0.3) is 0 Å². The Bertz CT molecular complexity index is 859. The fourth-order valence-corrected chi connectivity index (χ4v) is 2.93. The van der Waals surface area contributed by atoms with Gasteiger partial charge in [0.2, 0.25) is 5.95 Å². The van der Waals surface area contributed by atoms with Crippen molar-refractivity contribution >= 4 is 23.1 Å². The molecule has 0 radical (unpaired) electrons. The molecule has 3 rings (SSSR count). The Morgan fingerprint density at radius 2 is 1.78 bits per heavy atom. The van der Waals surface area contributed by atoms with Crippen LogP contribution in [0.3, 0.4) is 0 Å². The van der Waals surface area contributed by atoms with Gasteiger partial charge in [-0.2, -0.15) is 10.1 Å². The summed E-state index contributed by atoms with van der Waals surface area (Å²) in [6, 6.07) is 16.7. The van der Waals surface area contributed by atoms with Crippen molar-refractivity contribution in [2.75, 3.05) is 28.6 Å². The number of aryl methyl sites for hydroxylation is 1. The second-order valence-corrected chi connectivity index (χ2v) is 6.35. The highest BCUT2D eigenvalue weighted by atomic mass is 15.3. The summed E-state index contributed by atoms with van der Waals surface area (Å²) in [5, 5.41) is 14.6. The second-order valence-electron chi connectivity index (χ2n) is 6.35. The van der Waals surface area contributed by atoms with E-state index in [1.54, 1.807) is 6.20 Å². The molecule has 0 saturated heterocycles. The molecule has 0 aliphatic carbocycles. The van der Waals surface area contributed by atoms with E-state index in [0.717, 1.165) is 18.8 Å². The second kappa shape index (κ2) is 8.98. The summed E-state index contributed by atoms with van der Waals surface area (Å²) in [5.74, 6) is 1.16. The standard InChI is InChI=1S/C21H26N6/c1-4-27(5-2)19-11-9-18(10-12-19)24-20-15-23-26-21(25-20)22-14-17-8-6-7-16(3)13-17/h6-13,15H,4-5,14H2,1-3H3,(H2,22,24,25,26). The molecule has 0 aliphatic heterocycles. The highest BCUT2D eigenvalue weighted by Crippen LogP contribution is 2.20. The van der Waals surface area contributed by atoms with Crippen LogP contribution in [0.4, 0.5) is 23.1 Å². The molecule has 2 N–H and O–H groups in total. The van der Waals surface area contributed by atoms with Gasteiger partial charge in [0.1, 0.15) is 0 Å². The van der Waals surface area contributed by atoms with Crippen molar-refractivity contribution in [3.63, 3.8) is 0 Å². The predicted octanol–water partition coefficient (Wildman–Crippen LogP) is 4.38. The third-order valence-electron chi connectivity index (χ3n) is 4.36. The normalized spacial score (nSPS) is 10.5. The minimum absolute atomic E-state index is 0.501. The zero-order chi connectivity index (χ0) is 19.1. The zero-order valence-corrected chi connectivity index (χ0v) is 16.1. The minimum Gasteiger partial charge on any atom is -0.372 e. The molecule has 0 fully saturated rings. The lowest BCUT2D eigenvalue weighted by atomic mass is 10.1. The smallest absolute Gasteiger partial charge is 0.244 e. The van der Waals surface area contributed by atoms with Gasteiger partial charge in [-0.25, -0.2) is 0 Å². The Kier molecular flexibility index (Phi) is 6.20. The van der Waals surface area contributed by atoms with E-state index in [-0.39, 0.29) is 0 Å². The number of hydrogen-bond acceptors (Lipinski definition) is 6. The molecule has 1 heterocycles. The monoisotopic (exact) mass is 362 g/mol. The van der Waals surface area contributed by atoms with Gasteiger partial charge in [-0.1, -0.05) is 29.8 Å². The van der Waals surface area contributed by atoms with Gasteiger partial charge in [0, 0.05) is 31.0 Å². The van der Waals surface area contributed by atoms with Crippen LogP contribution in [0.15, 0.2) is 54.7 Å². The maximum absolute atomic E-state index is 4.49. The van der Waals surface area contributed by atoms with Gasteiger partial charge in [-0.3, -0.25) is 0 Å². The third kappa shape index (κ3) is 5.17. The average Bonchev–Trinajstić information content (AvgIpc) is 2.69. The Hall–Kier alpha value is -3.15. The van der Waals surface area contributed by atoms with Gasteiger partial charge < -0.3 is 15.5 Å². The van der Waals surface area contributed by atoms with Crippen LogP contribution in [-0.4, -0.2) is 28.3 Å². The highest BCUT2D eigenvalue weighted by Gasteiger charge is 2.04. The van der Waals surface area contributed by atoms with Crippen molar-refractivity contribution < 1.29 is 0 Å². The molecule has 3 aromatic rings. The number of benzene rings is 2. The molecule has 6 heteroatoms. The van der Waals surface area contributed by atoms with Crippen molar-refractivity contribution in [3.05, 3.63) is 65.9 Å². The molecule has 0 amide bonds. The largest absolute Gasteiger partial charge is 0.372 e. The van der Waals surface area contributed by atoms with Crippen molar-refractivity contribution in [1.82, 2.24) is 15.2 Å². The highest BCUT2D eigenvalue weighted by molar-refractivity contribution is 5.60. The van der Waals surface area contributed by atoms with E-state index in [0.29, 0.717) is 18.3 Å². The number of nitrogens with one attached hydrogen (secondary N) is 2. The first-order valence-electron chi connectivity index (χ1n) is 9.29. The maximum Gasteiger partial charge on any atom is 0.244 e. The fraction of sp³-hybridized carbons (Fsp3) is 0.286. The van der Waals surface area contributed by atoms with E-state index in [1.807, 2.05) is 6.07 Å². The van der Waals surface area contributed by atoms with Gasteiger partial charge in [0.05, 0.1) is 6.20 Å². The SMILES string of the molecule is CCN(CC)c1ccc(Nc2cnnc(NCc3cccc(C)c3)n2)cc1. The lowest BCUT2D eigenvalue weighted by Gasteiger charge is -2.21. The van der Waals surface area contributed by atoms with Gasteiger partial charge in [0.25, 0.3) is 0 Å². The first-order chi connectivity index (χ1) is 13.2. The minimum atomic E-state index is 0.501. The molecule has 140 valence electrons. The summed E-state index contributed by atoms with van der Waals surface area (Å²) in [6.07, 6.45) is 1.62. The van der Waals surface area contributed by atoms with Crippen LogP contribution in [0.2, 0.25) is 0 Å². The Labute approximate surface area is 160 Å². The Morgan fingerprint density at radius 3 is 2.48 bits per heavy atom. The van der Waals surface area contributed by atoms with Gasteiger partial charge >= 0.3 is 0 Å². The molecule has 27 heavy (non-hydrogen) atoms. The molecule has 0 saturated carbocycles. The molecule has 0 atom stereocenters. The van der Waals surface area contributed by atoms with Crippen LogP contribution in [0.5, 0.6) is 0 Å².